The van der Waals surface area contributed by atoms with E-state index in [1.54, 1.807) is 26.3 Å². The first-order chi connectivity index (χ1) is 21.2. The predicted octanol–water partition coefficient (Wildman–Crippen LogP) is 3.75. The molecule has 2 aliphatic rings. The Morgan fingerprint density at radius 1 is 1.11 bits per heavy atom. The van der Waals surface area contributed by atoms with Crippen LogP contribution < -0.4 is 20.2 Å². The highest BCUT2D eigenvalue weighted by Gasteiger charge is 2.38. The lowest BCUT2D eigenvalue weighted by atomic mass is 10.0. The quantitative estimate of drug-likeness (QED) is 0.184. The molecular formula is C32H36N8O4. The van der Waals surface area contributed by atoms with Crippen LogP contribution in [0.2, 0.25) is 0 Å². The molecular weight excluding hydrogens is 560 g/mol. The summed E-state index contributed by atoms with van der Waals surface area (Å²) < 4.78 is 12.6. The standard InChI is InChI=1S/C32H36N8O4/c1-6-7-13-32(36-37-32)14-8-15-44-28(41)16-23-9-11-25(43-5)17-27(23)39-19-22(3)40(20-21(39)2)30-29-26(38(4)31(42)35-30)12-10-24(18-33)34-29/h1,9-12,17,21-22H,7-8,13-16,19-20H2,2-5H3/t21-,22+/m1/s1. The molecule has 0 spiro atoms. The van der Waals surface area contributed by atoms with Crippen molar-refractivity contribution < 1.29 is 14.3 Å². The van der Waals surface area contributed by atoms with Crippen LogP contribution in [0.4, 0.5) is 11.5 Å². The zero-order chi connectivity index (χ0) is 31.4. The number of pyridine rings is 1. The zero-order valence-electron chi connectivity index (χ0n) is 25.5. The number of piperazine rings is 1. The molecule has 4 heterocycles. The van der Waals surface area contributed by atoms with Gasteiger partial charge in [0.1, 0.15) is 23.0 Å². The summed E-state index contributed by atoms with van der Waals surface area (Å²) in [5, 5.41) is 17.7. The highest BCUT2D eigenvalue weighted by molar-refractivity contribution is 5.86. The number of aryl methyl sites for hydroxylation is 1. The minimum Gasteiger partial charge on any atom is -0.497 e. The average Bonchev–Trinajstić information content (AvgIpc) is 3.81. The molecule has 0 aliphatic carbocycles. The number of esters is 1. The minimum absolute atomic E-state index is 0.0293. The number of methoxy groups -OCH3 is 1. The second-order valence-electron chi connectivity index (χ2n) is 11.3. The van der Waals surface area contributed by atoms with Crippen molar-refractivity contribution in [3.63, 3.8) is 0 Å². The highest BCUT2D eigenvalue weighted by atomic mass is 16.5. The van der Waals surface area contributed by atoms with E-state index >= 15 is 0 Å². The number of hydrogen-bond donors (Lipinski definition) is 0. The van der Waals surface area contributed by atoms with Gasteiger partial charge in [0.05, 0.1) is 25.7 Å². The van der Waals surface area contributed by atoms with Gasteiger partial charge < -0.3 is 19.3 Å². The number of carbonyl (C=O) groups excluding carboxylic acids is 1. The van der Waals surface area contributed by atoms with Gasteiger partial charge >= 0.3 is 11.7 Å². The third kappa shape index (κ3) is 6.35. The predicted molar refractivity (Wildman–Crippen MR) is 166 cm³/mol. The summed E-state index contributed by atoms with van der Waals surface area (Å²) in [5.41, 5.74) is 2.31. The minimum atomic E-state index is -0.390. The summed E-state index contributed by atoms with van der Waals surface area (Å²) in [6, 6.07) is 11.0. The Hall–Kier alpha value is -4.97. The van der Waals surface area contributed by atoms with Gasteiger partial charge in [-0.15, -0.1) is 12.3 Å². The highest BCUT2D eigenvalue weighted by Crippen LogP contribution is 2.38. The van der Waals surface area contributed by atoms with E-state index in [2.05, 4.69) is 55.8 Å². The molecule has 3 aromatic rings. The molecule has 2 atom stereocenters. The van der Waals surface area contributed by atoms with Crippen molar-refractivity contribution in [1.29, 1.82) is 5.26 Å². The van der Waals surface area contributed by atoms with E-state index in [9.17, 15) is 14.9 Å². The lowest BCUT2D eigenvalue weighted by molar-refractivity contribution is -0.143. The molecule has 12 nitrogen and oxygen atoms in total. The Balaban J connectivity index is 1.32. The molecule has 0 unspecified atom stereocenters. The molecule has 0 radical (unpaired) electrons. The average molecular weight is 597 g/mol. The van der Waals surface area contributed by atoms with Crippen LogP contribution in [-0.4, -0.2) is 65.1 Å². The van der Waals surface area contributed by atoms with Gasteiger partial charge in [-0.05, 0) is 50.5 Å². The zero-order valence-corrected chi connectivity index (χ0v) is 25.5. The summed E-state index contributed by atoms with van der Waals surface area (Å²) in [5.74, 6) is 3.45. The topological polar surface area (TPSA) is 138 Å². The van der Waals surface area contributed by atoms with E-state index in [0.29, 0.717) is 61.6 Å². The van der Waals surface area contributed by atoms with Crippen LogP contribution in [-0.2, 0) is 23.0 Å². The van der Waals surface area contributed by atoms with E-state index in [1.165, 1.54) is 4.57 Å². The lowest BCUT2D eigenvalue weighted by Crippen LogP contribution is -2.57. The van der Waals surface area contributed by atoms with Crippen LogP contribution >= 0.6 is 0 Å². The molecule has 1 fully saturated rings. The Labute approximate surface area is 256 Å². The van der Waals surface area contributed by atoms with Gasteiger partial charge in [-0.3, -0.25) is 9.36 Å². The third-order valence-electron chi connectivity index (χ3n) is 8.28. The van der Waals surface area contributed by atoms with Crippen molar-refractivity contribution in [3.05, 3.63) is 52.1 Å². The fourth-order valence-electron chi connectivity index (χ4n) is 5.73. The molecule has 0 saturated carbocycles. The first kappa shape index (κ1) is 30.5. The van der Waals surface area contributed by atoms with E-state index in [1.807, 2.05) is 18.2 Å². The number of rotatable bonds is 11. The molecule has 2 aliphatic heterocycles. The number of carbonyl (C=O) groups is 1. The summed E-state index contributed by atoms with van der Waals surface area (Å²) in [6.07, 6.45) is 8.18. The van der Waals surface area contributed by atoms with Gasteiger partial charge in [-0.1, -0.05) is 6.07 Å². The molecule has 0 bridgehead atoms. The second-order valence-corrected chi connectivity index (χ2v) is 11.3. The van der Waals surface area contributed by atoms with Gasteiger partial charge in [0.2, 0.25) is 0 Å². The van der Waals surface area contributed by atoms with Crippen LogP contribution in [0.1, 0.15) is 50.8 Å². The number of aromatic nitrogens is 3. The van der Waals surface area contributed by atoms with Crippen LogP contribution in [0, 0.1) is 23.7 Å². The monoisotopic (exact) mass is 596 g/mol. The number of hydrogen-bond acceptors (Lipinski definition) is 11. The van der Waals surface area contributed by atoms with Crippen molar-refractivity contribution in [3.8, 4) is 24.2 Å². The molecule has 12 heteroatoms. The SMILES string of the molecule is C#CCCC1(CCCOC(=O)Cc2ccc(OC)cc2N2C[C@H](C)N(c3nc(=O)n(C)c4ccc(C#N)nc34)C[C@H]2C)N=N1. The van der Waals surface area contributed by atoms with Crippen molar-refractivity contribution in [2.45, 2.75) is 63.7 Å². The van der Waals surface area contributed by atoms with E-state index in [0.717, 1.165) is 17.7 Å². The number of benzene rings is 1. The molecule has 0 N–H and O–H groups in total. The van der Waals surface area contributed by atoms with Gasteiger partial charge in [0.25, 0.3) is 0 Å². The number of nitrogens with zero attached hydrogens (tertiary/aromatic N) is 8. The van der Waals surface area contributed by atoms with Crippen LogP contribution in [0.25, 0.3) is 11.0 Å². The van der Waals surface area contributed by atoms with Gasteiger partial charge in [-0.2, -0.15) is 20.5 Å². The lowest BCUT2D eigenvalue weighted by Gasteiger charge is -2.46. The molecule has 228 valence electrons. The van der Waals surface area contributed by atoms with Crippen LogP contribution in [0.3, 0.4) is 0 Å². The van der Waals surface area contributed by atoms with Gasteiger partial charge in [0.15, 0.2) is 11.5 Å². The first-order valence-corrected chi connectivity index (χ1v) is 14.7. The normalized spacial score (nSPS) is 18.5. The Bertz CT molecular complexity index is 1730. The number of fused-ring (bicyclic) bond motifs is 1. The number of terminal acetylenes is 1. The van der Waals surface area contributed by atoms with E-state index in [4.69, 9.17) is 15.9 Å². The van der Waals surface area contributed by atoms with E-state index < -0.39 is 5.69 Å². The number of nitriles is 1. The fourth-order valence-corrected chi connectivity index (χ4v) is 5.73. The molecule has 1 saturated heterocycles. The fraction of sp³-hybridized carbons (Fsp3) is 0.469. The maximum atomic E-state index is 12.9. The molecule has 1 aromatic carbocycles. The molecule has 5 rings (SSSR count). The number of anilines is 2. The second kappa shape index (κ2) is 12.7. The van der Waals surface area contributed by atoms with E-state index in [-0.39, 0.29) is 35.8 Å². The van der Waals surface area contributed by atoms with Crippen molar-refractivity contribution in [1.82, 2.24) is 14.5 Å². The Morgan fingerprint density at radius 2 is 1.86 bits per heavy atom. The summed E-state index contributed by atoms with van der Waals surface area (Å²) in [4.78, 5) is 38.9. The van der Waals surface area contributed by atoms with Gasteiger partial charge in [-0.25, -0.2) is 9.78 Å². The van der Waals surface area contributed by atoms with Crippen molar-refractivity contribution >= 4 is 28.5 Å². The first-order valence-electron chi connectivity index (χ1n) is 14.7. The Morgan fingerprint density at radius 3 is 2.57 bits per heavy atom. The summed E-state index contributed by atoms with van der Waals surface area (Å²) in [6.45, 7) is 5.55. The Kier molecular flexibility index (Phi) is 8.81. The van der Waals surface area contributed by atoms with Crippen molar-refractivity contribution in [2.75, 3.05) is 36.6 Å². The summed E-state index contributed by atoms with van der Waals surface area (Å²) in [7, 11) is 3.26. The molecule has 44 heavy (non-hydrogen) atoms. The van der Waals surface area contributed by atoms with Gasteiger partial charge in [0, 0.05) is 56.8 Å². The maximum Gasteiger partial charge on any atom is 0.349 e. The van der Waals surface area contributed by atoms with Crippen molar-refractivity contribution in [2.24, 2.45) is 17.3 Å². The maximum absolute atomic E-state index is 12.9. The largest absolute Gasteiger partial charge is 0.497 e. The van der Waals surface area contributed by atoms with Crippen LogP contribution in [0.15, 0.2) is 45.4 Å². The molecule has 2 aromatic heterocycles. The third-order valence-corrected chi connectivity index (χ3v) is 8.28. The smallest absolute Gasteiger partial charge is 0.349 e. The number of ether oxygens (including phenoxy) is 2. The summed E-state index contributed by atoms with van der Waals surface area (Å²) >= 11 is 0. The van der Waals surface area contributed by atoms with Crippen LogP contribution in [0.5, 0.6) is 5.75 Å². The molecule has 0 amide bonds.